The molecule has 194 valence electrons. The molecule has 0 aliphatic carbocycles. The van der Waals surface area contributed by atoms with Crippen LogP contribution in [0.3, 0.4) is 0 Å². The molecule has 0 radical (unpaired) electrons. The Kier molecular flexibility index (Phi) is 8.37. The summed E-state index contributed by atoms with van der Waals surface area (Å²) >= 11 is 0. The van der Waals surface area contributed by atoms with Crippen LogP contribution in [-0.4, -0.2) is 36.0 Å². The molecule has 2 heterocycles. The Balaban J connectivity index is 1.33. The number of esters is 1. The van der Waals surface area contributed by atoms with Crippen LogP contribution in [0.4, 0.5) is 5.69 Å². The number of carbonyl (C=O) groups excluding carboxylic acids is 2. The SMILES string of the molecule is CC(=CCCC(=O)Oc1ccccc1)CC(=O)Nc1cc2ccc(O[C@@H]3C[C@@H](O)CO3)c(C)c2oc1=O. The van der Waals surface area contributed by atoms with Crippen molar-refractivity contribution in [1.29, 1.82) is 0 Å². The summed E-state index contributed by atoms with van der Waals surface area (Å²) in [6.45, 7) is 3.75. The van der Waals surface area contributed by atoms with Gasteiger partial charge in [-0.25, -0.2) is 4.79 Å². The number of aliphatic hydroxyl groups excluding tert-OH is 1. The molecule has 2 aromatic carbocycles. The summed E-state index contributed by atoms with van der Waals surface area (Å²) in [6.07, 6.45) is 1.69. The van der Waals surface area contributed by atoms with Gasteiger partial charge in [0.15, 0.2) is 0 Å². The van der Waals surface area contributed by atoms with Crippen molar-refractivity contribution in [1.82, 2.24) is 0 Å². The molecule has 9 heteroatoms. The smallest absolute Gasteiger partial charge is 0.360 e. The number of hydrogen-bond donors (Lipinski definition) is 2. The second-order valence-corrected chi connectivity index (χ2v) is 8.93. The lowest BCUT2D eigenvalue weighted by molar-refractivity contribution is -0.134. The van der Waals surface area contributed by atoms with Crippen molar-refractivity contribution in [2.24, 2.45) is 0 Å². The summed E-state index contributed by atoms with van der Waals surface area (Å²) in [5.41, 5.74) is 1.07. The Morgan fingerprint density at radius 3 is 2.70 bits per heavy atom. The molecular formula is C28H29NO8. The maximum Gasteiger partial charge on any atom is 0.360 e. The number of anilines is 1. The third kappa shape index (κ3) is 7.05. The molecule has 4 rings (SSSR count). The second-order valence-electron chi connectivity index (χ2n) is 8.93. The van der Waals surface area contributed by atoms with Crippen LogP contribution in [0.1, 0.15) is 38.2 Å². The lowest BCUT2D eigenvalue weighted by Crippen LogP contribution is -2.18. The van der Waals surface area contributed by atoms with Gasteiger partial charge in [-0.1, -0.05) is 29.8 Å². The average Bonchev–Trinajstić information content (AvgIpc) is 3.27. The summed E-state index contributed by atoms with van der Waals surface area (Å²) in [4.78, 5) is 37.0. The van der Waals surface area contributed by atoms with Gasteiger partial charge in [0.05, 0.1) is 12.7 Å². The van der Waals surface area contributed by atoms with Gasteiger partial charge in [0.25, 0.3) is 0 Å². The maximum atomic E-state index is 12.6. The van der Waals surface area contributed by atoms with E-state index >= 15 is 0 Å². The molecular weight excluding hydrogens is 478 g/mol. The highest BCUT2D eigenvalue weighted by molar-refractivity contribution is 5.94. The van der Waals surface area contributed by atoms with Crippen LogP contribution in [0.2, 0.25) is 0 Å². The van der Waals surface area contributed by atoms with Crippen LogP contribution in [0, 0.1) is 6.92 Å². The van der Waals surface area contributed by atoms with Gasteiger partial charge in [0.2, 0.25) is 12.2 Å². The average molecular weight is 508 g/mol. The Hall–Kier alpha value is -3.95. The van der Waals surface area contributed by atoms with Crippen LogP contribution < -0.4 is 20.4 Å². The van der Waals surface area contributed by atoms with Gasteiger partial charge >= 0.3 is 11.6 Å². The number of nitrogens with one attached hydrogen (secondary N) is 1. The van der Waals surface area contributed by atoms with Crippen molar-refractivity contribution >= 4 is 28.5 Å². The number of fused-ring (bicyclic) bond motifs is 1. The predicted molar refractivity (Wildman–Crippen MR) is 137 cm³/mol. The number of aryl methyl sites for hydroxylation is 1. The normalized spacial score (nSPS) is 17.5. The minimum absolute atomic E-state index is 0.0343. The molecule has 1 aliphatic rings. The van der Waals surface area contributed by atoms with Crippen molar-refractivity contribution in [3.05, 3.63) is 76.2 Å². The third-order valence-electron chi connectivity index (χ3n) is 5.83. The zero-order valence-corrected chi connectivity index (χ0v) is 20.7. The molecule has 3 aromatic rings. The number of allylic oxidation sites excluding steroid dienone is 1. The molecule has 9 nitrogen and oxygen atoms in total. The summed E-state index contributed by atoms with van der Waals surface area (Å²) in [6, 6.07) is 13.8. The zero-order valence-electron chi connectivity index (χ0n) is 20.7. The Morgan fingerprint density at radius 2 is 1.97 bits per heavy atom. The molecule has 1 aliphatic heterocycles. The van der Waals surface area contributed by atoms with Crippen molar-refractivity contribution < 1.29 is 33.3 Å². The minimum atomic E-state index is -0.682. The number of para-hydroxylation sites is 1. The van der Waals surface area contributed by atoms with E-state index in [4.69, 9.17) is 18.6 Å². The lowest BCUT2D eigenvalue weighted by Gasteiger charge is -2.15. The highest BCUT2D eigenvalue weighted by Gasteiger charge is 2.26. The first-order valence-electron chi connectivity index (χ1n) is 12.0. The maximum absolute atomic E-state index is 12.6. The molecule has 2 atom stereocenters. The molecule has 37 heavy (non-hydrogen) atoms. The second kappa shape index (κ2) is 11.9. The van der Waals surface area contributed by atoms with E-state index in [2.05, 4.69) is 5.32 Å². The van der Waals surface area contributed by atoms with Crippen LogP contribution in [0.5, 0.6) is 11.5 Å². The quantitative estimate of drug-likeness (QED) is 0.191. The molecule has 1 aromatic heterocycles. The zero-order chi connectivity index (χ0) is 26.4. The molecule has 0 bridgehead atoms. The number of benzene rings is 2. The summed E-state index contributed by atoms with van der Waals surface area (Å²) in [5.74, 6) is 0.245. The van der Waals surface area contributed by atoms with E-state index in [1.54, 1.807) is 62.4 Å². The summed E-state index contributed by atoms with van der Waals surface area (Å²) in [5, 5.41) is 12.8. The molecule has 2 N–H and O–H groups in total. The monoisotopic (exact) mass is 507 g/mol. The minimum Gasteiger partial charge on any atom is -0.464 e. The fourth-order valence-corrected chi connectivity index (χ4v) is 3.95. The molecule has 1 saturated heterocycles. The van der Waals surface area contributed by atoms with Crippen LogP contribution in [-0.2, 0) is 14.3 Å². The van der Waals surface area contributed by atoms with Gasteiger partial charge in [0, 0.05) is 30.2 Å². The van der Waals surface area contributed by atoms with Crippen molar-refractivity contribution in [2.75, 3.05) is 11.9 Å². The Labute approximate surface area is 213 Å². The number of carbonyl (C=O) groups is 2. The number of ether oxygens (including phenoxy) is 3. The standard InChI is InChI=1S/C28H29NO8/c1-17(7-6-10-25(32)35-21-8-4-3-5-9-21)13-24(31)29-22-14-19-11-12-23(18(2)27(19)37-28(22)33)36-26-15-20(30)16-34-26/h3-5,7-9,11-12,14,20,26,30H,6,10,13,15-16H2,1-2H3,(H,29,31)/t20-,26-/m1/s1. The molecule has 0 unspecified atom stereocenters. The first-order chi connectivity index (χ1) is 17.8. The first-order valence-corrected chi connectivity index (χ1v) is 12.0. The first kappa shape index (κ1) is 26.1. The number of amides is 1. The molecule has 0 spiro atoms. The van der Waals surface area contributed by atoms with Gasteiger partial charge in [0.1, 0.15) is 22.8 Å². The van der Waals surface area contributed by atoms with E-state index in [-0.39, 0.29) is 37.0 Å². The number of hydrogen-bond acceptors (Lipinski definition) is 8. The van der Waals surface area contributed by atoms with E-state index in [9.17, 15) is 19.5 Å². The Morgan fingerprint density at radius 1 is 1.19 bits per heavy atom. The van der Waals surface area contributed by atoms with Gasteiger partial charge in [-0.15, -0.1) is 0 Å². The number of aliphatic hydroxyl groups is 1. The van der Waals surface area contributed by atoms with Crippen LogP contribution >= 0.6 is 0 Å². The van der Waals surface area contributed by atoms with E-state index in [0.717, 1.165) is 5.57 Å². The largest absolute Gasteiger partial charge is 0.464 e. The van der Waals surface area contributed by atoms with Gasteiger partial charge in [-0.3, -0.25) is 9.59 Å². The van der Waals surface area contributed by atoms with Crippen LogP contribution in [0.25, 0.3) is 11.0 Å². The lowest BCUT2D eigenvalue weighted by atomic mass is 10.1. The van der Waals surface area contributed by atoms with Crippen LogP contribution in [0.15, 0.2) is 69.4 Å². The van der Waals surface area contributed by atoms with E-state index in [1.165, 1.54) is 0 Å². The summed E-state index contributed by atoms with van der Waals surface area (Å²) < 4.78 is 21.9. The third-order valence-corrected chi connectivity index (χ3v) is 5.83. The van der Waals surface area contributed by atoms with Gasteiger partial charge in [-0.2, -0.15) is 0 Å². The summed E-state index contributed by atoms with van der Waals surface area (Å²) in [7, 11) is 0. The molecule has 0 saturated carbocycles. The number of rotatable bonds is 9. The van der Waals surface area contributed by atoms with E-state index < -0.39 is 18.0 Å². The molecule has 1 amide bonds. The fourth-order valence-electron chi connectivity index (χ4n) is 3.95. The van der Waals surface area contributed by atoms with E-state index in [0.29, 0.717) is 40.9 Å². The highest BCUT2D eigenvalue weighted by Crippen LogP contribution is 2.30. The fraction of sp³-hybridized carbons (Fsp3) is 0.321. The highest BCUT2D eigenvalue weighted by atomic mass is 16.7. The topological polar surface area (TPSA) is 124 Å². The van der Waals surface area contributed by atoms with Crippen molar-refractivity contribution in [2.45, 2.75) is 51.9 Å². The van der Waals surface area contributed by atoms with Crippen molar-refractivity contribution in [3.8, 4) is 11.5 Å². The van der Waals surface area contributed by atoms with E-state index in [1.807, 2.05) is 6.07 Å². The Bertz CT molecular complexity index is 1360. The van der Waals surface area contributed by atoms with Gasteiger partial charge in [-0.05, 0) is 50.6 Å². The van der Waals surface area contributed by atoms with Crippen molar-refractivity contribution in [3.63, 3.8) is 0 Å². The molecule has 1 fully saturated rings. The van der Waals surface area contributed by atoms with Gasteiger partial charge < -0.3 is 29.1 Å². The predicted octanol–water partition coefficient (Wildman–Crippen LogP) is 4.25.